The van der Waals surface area contributed by atoms with E-state index in [1.54, 1.807) is 12.4 Å². The number of hydrogen-bond acceptors (Lipinski definition) is 6. The molecule has 2 aliphatic rings. The first-order chi connectivity index (χ1) is 13.7. The topological polar surface area (TPSA) is 65.5 Å². The molecule has 4 rings (SSSR count). The molecule has 4 heterocycles. The molecule has 0 saturated carbocycles. The molecule has 1 amide bonds. The SMILES string of the molecule is CCCCN1CCN(C(=O)C2CCCN(c3cnc4nccnc4c3)C2)CC1. The second-order valence-electron chi connectivity index (χ2n) is 7.90. The number of anilines is 1. The average Bonchev–Trinajstić information content (AvgIpc) is 2.77. The number of pyridine rings is 1. The number of amides is 1. The van der Waals surface area contributed by atoms with Crippen molar-refractivity contribution < 1.29 is 4.79 Å². The predicted molar refractivity (Wildman–Crippen MR) is 110 cm³/mol. The highest BCUT2D eigenvalue weighted by Crippen LogP contribution is 2.25. The van der Waals surface area contributed by atoms with Gasteiger partial charge in [-0.25, -0.2) is 9.97 Å². The lowest BCUT2D eigenvalue weighted by Crippen LogP contribution is -2.52. The number of piperidine rings is 1. The molecule has 0 radical (unpaired) electrons. The summed E-state index contributed by atoms with van der Waals surface area (Å²) in [5, 5.41) is 0. The van der Waals surface area contributed by atoms with Gasteiger partial charge in [0, 0.05) is 51.7 Å². The number of carbonyl (C=O) groups is 1. The van der Waals surface area contributed by atoms with E-state index in [-0.39, 0.29) is 5.92 Å². The molecule has 7 heteroatoms. The Labute approximate surface area is 166 Å². The van der Waals surface area contributed by atoms with E-state index in [1.165, 1.54) is 12.8 Å². The van der Waals surface area contributed by atoms with E-state index >= 15 is 0 Å². The molecular weight excluding hydrogens is 352 g/mol. The minimum absolute atomic E-state index is 0.0773. The van der Waals surface area contributed by atoms with Crippen molar-refractivity contribution in [2.24, 2.45) is 5.92 Å². The molecule has 2 saturated heterocycles. The normalized spacial score (nSPS) is 21.2. The molecule has 150 valence electrons. The quantitative estimate of drug-likeness (QED) is 0.790. The first-order valence-electron chi connectivity index (χ1n) is 10.6. The maximum Gasteiger partial charge on any atom is 0.227 e. The van der Waals surface area contributed by atoms with E-state index in [4.69, 9.17) is 0 Å². The number of carbonyl (C=O) groups excluding carboxylic acids is 1. The second-order valence-corrected chi connectivity index (χ2v) is 7.90. The summed E-state index contributed by atoms with van der Waals surface area (Å²) in [5.41, 5.74) is 2.50. The van der Waals surface area contributed by atoms with E-state index in [2.05, 4.69) is 36.6 Å². The largest absolute Gasteiger partial charge is 0.369 e. The Balaban J connectivity index is 1.37. The van der Waals surface area contributed by atoms with E-state index in [9.17, 15) is 4.79 Å². The summed E-state index contributed by atoms with van der Waals surface area (Å²) < 4.78 is 0. The third kappa shape index (κ3) is 4.24. The average molecular weight is 383 g/mol. The lowest BCUT2D eigenvalue weighted by molar-refractivity contribution is -0.137. The van der Waals surface area contributed by atoms with Gasteiger partial charge in [-0.05, 0) is 31.9 Å². The van der Waals surface area contributed by atoms with Crippen molar-refractivity contribution in [2.45, 2.75) is 32.6 Å². The third-order valence-corrected chi connectivity index (χ3v) is 5.96. The minimum Gasteiger partial charge on any atom is -0.369 e. The number of fused-ring (bicyclic) bond motifs is 1. The standard InChI is InChI=1S/C21H30N6O/c1-2-3-8-25-10-12-26(13-11-25)21(28)17-5-4-9-27(16-17)18-14-19-20(24-15-18)23-7-6-22-19/h6-7,14-15,17H,2-5,8-13,16H2,1H3. The summed E-state index contributed by atoms with van der Waals surface area (Å²) in [6.45, 7) is 8.87. The number of rotatable bonds is 5. The van der Waals surface area contributed by atoms with Crippen LogP contribution in [0.2, 0.25) is 0 Å². The zero-order valence-electron chi connectivity index (χ0n) is 16.8. The Morgan fingerprint density at radius 3 is 2.75 bits per heavy atom. The highest BCUT2D eigenvalue weighted by Gasteiger charge is 2.31. The van der Waals surface area contributed by atoms with Gasteiger partial charge in [-0.3, -0.25) is 14.7 Å². The van der Waals surface area contributed by atoms with Crippen LogP contribution < -0.4 is 4.90 Å². The van der Waals surface area contributed by atoms with Gasteiger partial charge in [-0.15, -0.1) is 0 Å². The van der Waals surface area contributed by atoms with E-state index < -0.39 is 0 Å². The van der Waals surface area contributed by atoms with Crippen molar-refractivity contribution in [3.63, 3.8) is 0 Å². The van der Waals surface area contributed by atoms with Gasteiger partial charge < -0.3 is 9.80 Å². The molecule has 1 atom stereocenters. The Bertz CT molecular complexity index is 804. The zero-order chi connectivity index (χ0) is 19.3. The number of nitrogens with zero attached hydrogens (tertiary/aromatic N) is 6. The predicted octanol–water partition coefficient (Wildman–Crippen LogP) is 2.19. The molecule has 0 spiro atoms. The van der Waals surface area contributed by atoms with Gasteiger partial charge in [0.25, 0.3) is 0 Å². The van der Waals surface area contributed by atoms with E-state index in [1.807, 2.05) is 12.3 Å². The Morgan fingerprint density at radius 1 is 1.11 bits per heavy atom. The lowest BCUT2D eigenvalue weighted by Gasteiger charge is -2.39. The Morgan fingerprint density at radius 2 is 1.93 bits per heavy atom. The van der Waals surface area contributed by atoms with Crippen LogP contribution in [0.25, 0.3) is 11.2 Å². The molecule has 0 aliphatic carbocycles. The van der Waals surface area contributed by atoms with Crippen molar-refractivity contribution in [3.8, 4) is 0 Å². The molecule has 2 aromatic heterocycles. The van der Waals surface area contributed by atoms with Crippen LogP contribution in [0.1, 0.15) is 32.6 Å². The van der Waals surface area contributed by atoms with Crippen LogP contribution in [0.4, 0.5) is 5.69 Å². The number of unbranched alkanes of at least 4 members (excludes halogenated alkanes) is 1. The first kappa shape index (κ1) is 19.1. The summed E-state index contributed by atoms with van der Waals surface area (Å²) in [7, 11) is 0. The summed E-state index contributed by atoms with van der Waals surface area (Å²) in [5.74, 6) is 0.405. The monoisotopic (exact) mass is 382 g/mol. The van der Waals surface area contributed by atoms with Gasteiger partial charge in [0.2, 0.25) is 5.91 Å². The maximum atomic E-state index is 13.1. The van der Waals surface area contributed by atoms with Gasteiger partial charge in [0.05, 0.1) is 17.8 Å². The lowest BCUT2D eigenvalue weighted by atomic mass is 9.95. The van der Waals surface area contributed by atoms with Crippen LogP contribution in [-0.4, -0.2) is 76.5 Å². The van der Waals surface area contributed by atoms with Crippen LogP contribution in [0, 0.1) is 5.92 Å². The molecule has 0 bridgehead atoms. The fraction of sp³-hybridized carbons (Fsp3) is 0.619. The van der Waals surface area contributed by atoms with Crippen molar-refractivity contribution >= 4 is 22.8 Å². The van der Waals surface area contributed by atoms with Crippen molar-refractivity contribution in [1.82, 2.24) is 24.8 Å². The highest BCUT2D eigenvalue weighted by atomic mass is 16.2. The second kappa shape index (κ2) is 8.82. The smallest absolute Gasteiger partial charge is 0.227 e. The fourth-order valence-electron chi connectivity index (χ4n) is 4.27. The van der Waals surface area contributed by atoms with Gasteiger partial charge in [0.15, 0.2) is 5.65 Å². The molecule has 2 aliphatic heterocycles. The number of piperazine rings is 1. The molecule has 1 unspecified atom stereocenters. The van der Waals surface area contributed by atoms with Gasteiger partial charge in [-0.1, -0.05) is 13.3 Å². The molecular formula is C21H30N6O. The number of aromatic nitrogens is 3. The highest BCUT2D eigenvalue weighted by molar-refractivity contribution is 5.80. The Hall–Kier alpha value is -2.28. The maximum absolute atomic E-state index is 13.1. The molecule has 28 heavy (non-hydrogen) atoms. The molecule has 0 N–H and O–H groups in total. The molecule has 2 aromatic rings. The fourth-order valence-corrected chi connectivity index (χ4v) is 4.27. The Kier molecular flexibility index (Phi) is 6.00. The minimum atomic E-state index is 0.0773. The first-order valence-corrected chi connectivity index (χ1v) is 10.6. The van der Waals surface area contributed by atoms with E-state index in [0.29, 0.717) is 11.6 Å². The summed E-state index contributed by atoms with van der Waals surface area (Å²) in [6, 6.07) is 2.04. The summed E-state index contributed by atoms with van der Waals surface area (Å²) >= 11 is 0. The van der Waals surface area contributed by atoms with Crippen molar-refractivity contribution in [2.75, 3.05) is 50.7 Å². The van der Waals surface area contributed by atoms with E-state index in [0.717, 1.165) is 69.9 Å². The molecule has 0 aromatic carbocycles. The van der Waals surface area contributed by atoms with Crippen LogP contribution >= 0.6 is 0 Å². The van der Waals surface area contributed by atoms with Crippen LogP contribution in [-0.2, 0) is 4.79 Å². The summed E-state index contributed by atoms with van der Waals surface area (Å²) in [6.07, 6.45) is 9.69. The van der Waals surface area contributed by atoms with Crippen molar-refractivity contribution in [1.29, 1.82) is 0 Å². The van der Waals surface area contributed by atoms with Gasteiger partial charge in [0.1, 0.15) is 5.52 Å². The third-order valence-electron chi connectivity index (χ3n) is 5.96. The molecule has 2 fully saturated rings. The van der Waals surface area contributed by atoms with Crippen LogP contribution in [0.15, 0.2) is 24.7 Å². The molecule has 7 nitrogen and oxygen atoms in total. The van der Waals surface area contributed by atoms with Gasteiger partial charge >= 0.3 is 0 Å². The summed E-state index contributed by atoms with van der Waals surface area (Å²) in [4.78, 5) is 33.0. The van der Waals surface area contributed by atoms with Gasteiger partial charge in [-0.2, -0.15) is 0 Å². The van der Waals surface area contributed by atoms with Crippen LogP contribution in [0.3, 0.4) is 0 Å². The number of hydrogen-bond donors (Lipinski definition) is 0. The zero-order valence-corrected chi connectivity index (χ0v) is 16.8. The van der Waals surface area contributed by atoms with Crippen molar-refractivity contribution in [3.05, 3.63) is 24.7 Å². The van der Waals surface area contributed by atoms with Crippen LogP contribution in [0.5, 0.6) is 0 Å².